The SMILES string of the molecule is O=C1C2CC=CCC2C(=O)N1CCCN1CCN(c2ccc(F)cc2OCC(F)(F)F)CC1. The van der Waals surface area contributed by atoms with Crippen molar-refractivity contribution in [3.8, 4) is 5.75 Å². The molecular weight excluding hydrogens is 442 g/mol. The molecule has 10 heteroatoms. The lowest BCUT2D eigenvalue weighted by Gasteiger charge is -2.37. The fourth-order valence-electron chi connectivity index (χ4n) is 4.78. The van der Waals surface area contributed by atoms with Gasteiger partial charge in [-0.15, -0.1) is 0 Å². The van der Waals surface area contributed by atoms with Crippen LogP contribution in [0.2, 0.25) is 0 Å². The van der Waals surface area contributed by atoms with E-state index in [1.54, 1.807) is 0 Å². The van der Waals surface area contributed by atoms with Gasteiger partial charge in [-0.1, -0.05) is 12.2 Å². The molecule has 2 aliphatic heterocycles. The number of carbonyl (C=O) groups is 2. The smallest absolute Gasteiger partial charge is 0.422 e. The number of benzene rings is 1. The number of imide groups is 1. The summed E-state index contributed by atoms with van der Waals surface area (Å²) in [5, 5.41) is 0. The zero-order valence-electron chi connectivity index (χ0n) is 18.2. The molecule has 1 aliphatic carbocycles. The summed E-state index contributed by atoms with van der Waals surface area (Å²) in [6.07, 6.45) is 1.36. The van der Waals surface area contributed by atoms with Crippen molar-refractivity contribution in [3.63, 3.8) is 0 Å². The number of nitrogens with zero attached hydrogens (tertiary/aromatic N) is 3. The summed E-state index contributed by atoms with van der Waals surface area (Å²) in [5.41, 5.74) is 0.435. The maximum atomic E-state index is 13.6. The van der Waals surface area contributed by atoms with E-state index in [1.165, 1.54) is 17.0 Å². The predicted octanol–water partition coefficient (Wildman–Crippen LogP) is 3.23. The summed E-state index contributed by atoms with van der Waals surface area (Å²) in [4.78, 5) is 30.6. The minimum absolute atomic E-state index is 0.0677. The van der Waals surface area contributed by atoms with Crippen LogP contribution in [0.1, 0.15) is 19.3 Å². The monoisotopic (exact) mass is 469 g/mol. The molecule has 3 aliphatic rings. The average molecular weight is 469 g/mol. The van der Waals surface area contributed by atoms with Crippen LogP contribution < -0.4 is 9.64 Å². The quantitative estimate of drug-likeness (QED) is 0.349. The first-order valence-electron chi connectivity index (χ1n) is 11.2. The molecule has 33 heavy (non-hydrogen) atoms. The molecule has 0 aromatic heterocycles. The number of piperazine rings is 1. The fraction of sp³-hybridized carbons (Fsp3) is 0.565. The van der Waals surface area contributed by atoms with Gasteiger partial charge >= 0.3 is 6.18 Å². The van der Waals surface area contributed by atoms with Crippen LogP contribution >= 0.6 is 0 Å². The van der Waals surface area contributed by atoms with Crippen LogP contribution in [0.4, 0.5) is 23.2 Å². The summed E-state index contributed by atoms with van der Waals surface area (Å²) in [7, 11) is 0. The van der Waals surface area contributed by atoms with Gasteiger partial charge in [0.15, 0.2) is 6.61 Å². The molecule has 0 saturated carbocycles. The first kappa shape index (κ1) is 23.5. The van der Waals surface area contributed by atoms with Crippen molar-refractivity contribution < 1.29 is 31.9 Å². The van der Waals surface area contributed by atoms with E-state index in [-0.39, 0.29) is 29.4 Å². The van der Waals surface area contributed by atoms with Gasteiger partial charge in [0.1, 0.15) is 11.6 Å². The van der Waals surface area contributed by atoms with Crippen LogP contribution in [0.25, 0.3) is 0 Å². The first-order valence-corrected chi connectivity index (χ1v) is 11.2. The number of carbonyl (C=O) groups excluding carboxylic acids is 2. The highest BCUT2D eigenvalue weighted by Crippen LogP contribution is 2.35. The van der Waals surface area contributed by atoms with Crippen molar-refractivity contribution in [2.45, 2.75) is 25.4 Å². The van der Waals surface area contributed by atoms with E-state index < -0.39 is 18.6 Å². The Balaban J connectivity index is 1.26. The standard InChI is InChI=1S/C23H27F4N3O3/c24-16-6-7-19(20(14-16)33-15-23(25,26)27)29-12-10-28(11-13-29)8-3-9-30-21(31)17-4-1-2-5-18(17)22(30)32/h1-2,6-7,14,17-18H,3-5,8-13,15H2. The Labute approximate surface area is 189 Å². The Bertz CT molecular complexity index is 887. The molecule has 2 fully saturated rings. The number of hydrogen-bond acceptors (Lipinski definition) is 5. The average Bonchev–Trinajstić information content (AvgIpc) is 3.03. The Morgan fingerprint density at radius 2 is 1.58 bits per heavy atom. The lowest BCUT2D eigenvalue weighted by atomic mass is 9.85. The maximum absolute atomic E-state index is 13.6. The third-order valence-corrected chi connectivity index (χ3v) is 6.48. The summed E-state index contributed by atoms with van der Waals surface area (Å²) in [6, 6.07) is 3.62. The van der Waals surface area contributed by atoms with Gasteiger partial charge in [0.25, 0.3) is 0 Å². The summed E-state index contributed by atoms with van der Waals surface area (Å²) < 4.78 is 56.1. The van der Waals surface area contributed by atoms with Gasteiger partial charge in [-0.25, -0.2) is 4.39 Å². The molecule has 0 bridgehead atoms. The van der Waals surface area contributed by atoms with Crippen molar-refractivity contribution in [2.75, 3.05) is 50.8 Å². The Morgan fingerprint density at radius 1 is 0.939 bits per heavy atom. The van der Waals surface area contributed by atoms with Gasteiger partial charge in [0.2, 0.25) is 11.8 Å². The van der Waals surface area contributed by atoms with E-state index in [4.69, 9.17) is 4.74 Å². The molecule has 2 heterocycles. The molecule has 1 aromatic rings. The lowest BCUT2D eigenvalue weighted by Crippen LogP contribution is -2.47. The number of anilines is 1. The molecule has 0 spiro atoms. The van der Waals surface area contributed by atoms with E-state index in [2.05, 4.69) is 4.90 Å². The third kappa shape index (κ3) is 5.48. The topological polar surface area (TPSA) is 53.1 Å². The molecule has 0 radical (unpaired) electrons. The number of allylic oxidation sites excluding steroid dienone is 2. The summed E-state index contributed by atoms with van der Waals surface area (Å²) in [5.74, 6) is -1.34. The van der Waals surface area contributed by atoms with E-state index >= 15 is 0 Å². The zero-order chi connectivity index (χ0) is 23.6. The van der Waals surface area contributed by atoms with E-state index in [1.807, 2.05) is 17.1 Å². The van der Waals surface area contributed by atoms with Gasteiger partial charge < -0.3 is 9.64 Å². The summed E-state index contributed by atoms with van der Waals surface area (Å²) >= 11 is 0. The van der Waals surface area contributed by atoms with Crippen LogP contribution in [-0.2, 0) is 9.59 Å². The highest BCUT2D eigenvalue weighted by molar-refractivity contribution is 6.05. The van der Waals surface area contributed by atoms with E-state index in [0.29, 0.717) is 64.2 Å². The van der Waals surface area contributed by atoms with Gasteiger partial charge in [0, 0.05) is 38.8 Å². The Hall–Kier alpha value is -2.62. The molecular formula is C23H27F4N3O3. The van der Waals surface area contributed by atoms with Gasteiger partial charge in [-0.2, -0.15) is 13.2 Å². The van der Waals surface area contributed by atoms with Crippen molar-refractivity contribution in [1.29, 1.82) is 0 Å². The number of ether oxygens (including phenoxy) is 1. The first-order chi connectivity index (χ1) is 15.7. The highest BCUT2D eigenvalue weighted by atomic mass is 19.4. The second kappa shape index (κ2) is 9.70. The number of likely N-dealkylation sites (tertiary alicyclic amines) is 1. The lowest BCUT2D eigenvalue weighted by molar-refractivity contribution is -0.153. The second-order valence-electron chi connectivity index (χ2n) is 8.68. The normalized spacial score (nSPS) is 23.9. The zero-order valence-corrected chi connectivity index (χ0v) is 18.2. The fourth-order valence-corrected chi connectivity index (χ4v) is 4.78. The predicted molar refractivity (Wildman–Crippen MR) is 113 cm³/mol. The van der Waals surface area contributed by atoms with Crippen molar-refractivity contribution in [3.05, 3.63) is 36.2 Å². The van der Waals surface area contributed by atoms with Gasteiger partial charge in [0.05, 0.1) is 17.5 Å². The molecule has 2 amide bonds. The Morgan fingerprint density at radius 3 is 2.18 bits per heavy atom. The summed E-state index contributed by atoms with van der Waals surface area (Å²) in [6.45, 7) is 2.05. The maximum Gasteiger partial charge on any atom is 0.422 e. The van der Waals surface area contributed by atoms with Crippen molar-refractivity contribution in [1.82, 2.24) is 9.80 Å². The number of alkyl halides is 3. The molecule has 2 unspecified atom stereocenters. The van der Waals surface area contributed by atoms with Crippen LogP contribution in [0, 0.1) is 17.7 Å². The van der Waals surface area contributed by atoms with Crippen molar-refractivity contribution >= 4 is 17.5 Å². The number of fused-ring (bicyclic) bond motifs is 1. The molecule has 180 valence electrons. The highest BCUT2D eigenvalue weighted by Gasteiger charge is 2.46. The molecule has 2 atom stereocenters. The molecule has 0 N–H and O–H groups in total. The number of hydrogen-bond donors (Lipinski definition) is 0. The third-order valence-electron chi connectivity index (χ3n) is 6.48. The minimum Gasteiger partial charge on any atom is -0.482 e. The molecule has 6 nitrogen and oxygen atoms in total. The Kier molecular flexibility index (Phi) is 6.92. The molecule has 1 aromatic carbocycles. The second-order valence-corrected chi connectivity index (χ2v) is 8.68. The number of halogens is 4. The van der Waals surface area contributed by atoms with E-state index in [9.17, 15) is 27.2 Å². The largest absolute Gasteiger partial charge is 0.482 e. The van der Waals surface area contributed by atoms with E-state index in [0.717, 1.165) is 6.07 Å². The number of rotatable bonds is 7. The van der Waals surface area contributed by atoms with Crippen LogP contribution in [-0.4, -0.2) is 73.7 Å². The van der Waals surface area contributed by atoms with Crippen LogP contribution in [0.3, 0.4) is 0 Å². The van der Waals surface area contributed by atoms with Crippen LogP contribution in [0.15, 0.2) is 30.4 Å². The van der Waals surface area contributed by atoms with Gasteiger partial charge in [-0.05, 0) is 37.9 Å². The molecule has 2 saturated heterocycles. The number of amides is 2. The van der Waals surface area contributed by atoms with Gasteiger partial charge in [-0.3, -0.25) is 19.4 Å². The minimum atomic E-state index is -4.51. The molecule has 4 rings (SSSR count). The van der Waals surface area contributed by atoms with Crippen LogP contribution in [0.5, 0.6) is 5.75 Å². The van der Waals surface area contributed by atoms with Crippen molar-refractivity contribution in [2.24, 2.45) is 11.8 Å².